The Labute approximate surface area is 114 Å². The Balaban J connectivity index is 1.92. The average Bonchev–Trinajstić information content (AvgIpc) is 2.38. The monoisotopic (exact) mass is 263 g/mol. The largest absolute Gasteiger partial charge is 0.478 e. The molecule has 104 valence electrons. The number of piperidine rings is 1. The Hall–Kier alpha value is -1.55. The van der Waals surface area contributed by atoms with Crippen LogP contribution < -0.4 is 4.74 Å². The van der Waals surface area contributed by atoms with Crippen LogP contribution >= 0.6 is 0 Å². The highest BCUT2D eigenvalue weighted by molar-refractivity contribution is 5.87. The summed E-state index contributed by atoms with van der Waals surface area (Å²) in [5.74, 6) is -0.195. The molecule has 1 aromatic rings. The molecule has 19 heavy (non-hydrogen) atoms. The van der Waals surface area contributed by atoms with Gasteiger partial charge in [0.1, 0.15) is 12.5 Å². The maximum absolute atomic E-state index is 10.8. The summed E-state index contributed by atoms with van der Waals surface area (Å²) in [6.07, 6.45) is 3.71. The number of likely N-dealkylation sites (tertiary alicyclic amines) is 1. The summed E-state index contributed by atoms with van der Waals surface area (Å²) >= 11 is 0. The molecule has 2 rings (SSSR count). The lowest BCUT2D eigenvalue weighted by Gasteiger charge is -2.38. The molecule has 0 amide bonds. The molecule has 1 aliphatic rings. The normalized spacial score (nSPS) is 24.1. The number of aromatic carboxylic acids is 1. The lowest BCUT2D eigenvalue weighted by Crippen LogP contribution is -2.45. The number of hydrogen-bond donors (Lipinski definition) is 1. The zero-order valence-electron chi connectivity index (χ0n) is 11.5. The summed E-state index contributed by atoms with van der Waals surface area (Å²) in [5, 5.41) is 8.83. The van der Waals surface area contributed by atoms with Gasteiger partial charge in [-0.2, -0.15) is 0 Å². The second kappa shape index (κ2) is 6.06. The quantitative estimate of drug-likeness (QED) is 0.907. The SMILES string of the molecule is CC1CCCC(C)N1COc1ccc(C(=O)O)cc1. The van der Waals surface area contributed by atoms with Crippen LogP contribution in [0.3, 0.4) is 0 Å². The predicted octanol–water partition coefficient (Wildman–Crippen LogP) is 2.98. The molecule has 1 heterocycles. The number of nitrogens with zero attached hydrogens (tertiary/aromatic N) is 1. The van der Waals surface area contributed by atoms with E-state index in [1.807, 2.05) is 0 Å². The molecule has 1 N–H and O–H groups in total. The lowest BCUT2D eigenvalue weighted by molar-refractivity contribution is 0.0272. The molecule has 0 aliphatic carbocycles. The van der Waals surface area contributed by atoms with E-state index in [1.165, 1.54) is 19.3 Å². The summed E-state index contributed by atoms with van der Waals surface area (Å²) in [6, 6.07) is 7.65. The number of hydrogen-bond acceptors (Lipinski definition) is 3. The van der Waals surface area contributed by atoms with Gasteiger partial charge >= 0.3 is 5.97 Å². The predicted molar refractivity (Wildman–Crippen MR) is 73.5 cm³/mol. The van der Waals surface area contributed by atoms with Crippen molar-refractivity contribution in [2.75, 3.05) is 6.73 Å². The van der Waals surface area contributed by atoms with Crippen LogP contribution in [0.1, 0.15) is 43.5 Å². The van der Waals surface area contributed by atoms with Gasteiger partial charge in [-0.3, -0.25) is 4.90 Å². The molecule has 2 atom stereocenters. The molecule has 1 aliphatic heterocycles. The third-order valence-corrected chi connectivity index (χ3v) is 3.86. The minimum Gasteiger partial charge on any atom is -0.478 e. The van der Waals surface area contributed by atoms with Crippen molar-refractivity contribution in [1.82, 2.24) is 4.90 Å². The smallest absolute Gasteiger partial charge is 0.335 e. The standard InChI is InChI=1S/C15H21NO3/c1-11-4-3-5-12(2)16(11)10-19-14-8-6-13(7-9-14)15(17)18/h6-9,11-12H,3-5,10H2,1-2H3,(H,17,18). The minimum absolute atomic E-state index is 0.284. The Kier molecular flexibility index (Phi) is 4.43. The van der Waals surface area contributed by atoms with Crippen molar-refractivity contribution in [3.63, 3.8) is 0 Å². The van der Waals surface area contributed by atoms with Gasteiger partial charge in [0.05, 0.1) is 5.56 Å². The first-order valence-corrected chi connectivity index (χ1v) is 6.80. The molecular formula is C15H21NO3. The fourth-order valence-corrected chi connectivity index (χ4v) is 2.57. The van der Waals surface area contributed by atoms with E-state index in [-0.39, 0.29) is 5.56 Å². The van der Waals surface area contributed by atoms with Crippen molar-refractivity contribution in [3.05, 3.63) is 29.8 Å². The molecule has 0 bridgehead atoms. The number of benzene rings is 1. The molecule has 1 aromatic carbocycles. The van der Waals surface area contributed by atoms with E-state index in [2.05, 4.69) is 18.7 Å². The highest BCUT2D eigenvalue weighted by Crippen LogP contribution is 2.23. The zero-order valence-corrected chi connectivity index (χ0v) is 11.5. The van der Waals surface area contributed by atoms with Gasteiger partial charge < -0.3 is 9.84 Å². The van der Waals surface area contributed by atoms with E-state index in [0.717, 1.165) is 5.75 Å². The van der Waals surface area contributed by atoms with Gasteiger partial charge in [-0.15, -0.1) is 0 Å². The van der Waals surface area contributed by atoms with Gasteiger partial charge in [-0.1, -0.05) is 6.42 Å². The molecule has 1 fully saturated rings. The minimum atomic E-state index is -0.912. The van der Waals surface area contributed by atoms with Gasteiger partial charge in [0.15, 0.2) is 0 Å². The van der Waals surface area contributed by atoms with E-state index in [1.54, 1.807) is 24.3 Å². The van der Waals surface area contributed by atoms with E-state index in [9.17, 15) is 4.79 Å². The van der Waals surface area contributed by atoms with Crippen LogP contribution in [0.4, 0.5) is 0 Å². The molecule has 4 heteroatoms. The summed E-state index contributed by atoms with van der Waals surface area (Å²) in [5.41, 5.74) is 0.284. The molecular weight excluding hydrogens is 242 g/mol. The van der Waals surface area contributed by atoms with E-state index < -0.39 is 5.97 Å². The summed E-state index contributed by atoms with van der Waals surface area (Å²) < 4.78 is 5.75. The van der Waals surface area contributed by atoms with Crippen LogP contribution in [0, 0.1) is 0 Å². The Morgan fingerprint density at radius 1 is 1.26 bits per heavy atom. The number of ether oxygens (including phenoxy) is 1. The van der Waals surface area contributed by atoms with Crippen molar-refractivity contribution in [2.45, 2.75) is 45.2 Å². The molecule has 1 saturated heterocycles. The van der Waals surface area contributed by atoms with E-state index in [0.29, 0.717) is 18.8 Å². The molecule has 0 saturated carbocycles. The van der Waals surface area contributed by atoms with Gasteiger partial charge in [0.25, 0.3) is 0 Å². The average molecular weight is 263 g/mol. The molecule has 2 unspecified atom stereocenters. The first-order valence-electron chi connectivity index (χ1n) is 6.80. The first-order chi connectivity index (χ1) is 9.08. The van der Waals surface area contributed by atoms with Crippen molar-refractivity contribution in [2.24, 2.45) is 0 Å². The maximum Gasteiger partial charge on any atom is 0.335 e. The van der Waals surface area contributed by atoms with Gasteiger partial charge in [-0.05, 0) is 51.0 Å². The van der Waals surface area contributed by atoms with Crippen LogP contribution in [0.25, 0.3) is 0 Å². The molecule has 0 spiro atoms. The summed E-state index contributed by atoms with van der Waals surface area (Å²) in [6.45, 7) is 5.02. The van der Waals surface area contributed by atoms with Crippen LogP contribution in [0.5, 0.6) is 5.75 Å². The number of carbonyl (C=O) groups is 1. The van der Waals surface area contributed by atoms with Gasteiger partial charge in [0.2, 0.25) is 0 Å². The number of carboxylic acid groups (broad SMARTS) is 1. The van der Waals surface area contributed by atoms with Crippen molar-refractivity contribution in [1.29, 1.82) is 0 Å². The molecule has 0 radical (unpaired) electrons. The second-order valence-electron chi connectivity index (χ2n) is 5.25. The first kappa shape index (κ1) is 13.9. The fraction of sp³-hybridized carbons (Fsp3) is 0.533. The van der Waals surface area contributed by atoms with Crippen LogP contribution in [0.15, 0.2) is 24.3 Å². The summed E-state index contributed by atoms with van der Waals surface area (Å²) in [7, 11) is 0. The topological polar surface area (TPSA) is 49.8 Å². The highest BCUT2D eigenvalue weighted by atomic mass is 16.5. The van der Waals surface area contributed by atoms with Crippen molar-refractivity contribution >= 4 is 5.97 Å². The van der Waals surface area contributed by atoms with E-state index >= 15 is 0 Å². The molecule has 0 aromatic heterocycles. The van der Waals surface area contributed by atoms with Crippen molar-refractivity contribution < 1.29 is 14.6 Å². The van der Waals surface area contributed by atoms with Crippen LogP contribution in [0.2, 0.25) is 0 Å². The second-order valence-corrected chi connectivity index (χ2v) is 5.25. The van der Waals surface area contributed by atoms with Crippen LogP contribution in [-0.4, -0.2) is 34.8 Å². The van der Waals surface area contributed by atoms with Gasteiger partial charge in [-0.25, -0.2) is 4.79 Å². The van der Waals surface area contributed by atoms with Gasteiger partial charge in [0, 0.05) is 12.1 Å². The third-order valence-electron chi connectivity index (χ3n) is 3.86. The maximum atomic E-state index is 10.8. The van der Waals surface area contributed by atoms with E-state index in [4.69, 9.17) is 9.84 Å². The molecule has 4 nitrogen and oxygen atoms in total. The Morgan fingerprint density at radius 3 is 2.37 bits per heavy atom. The fourth-order valence-electron chi connectivity index (χ4n) is 2.57. The zero-order chi connectivity index (χ0) is 13.8. The third kappa shape index (κ3) is 3.47. The Bertz CT molecular complexity index is 420. The number of carboxylic acids is 1. The van der Waals surface area contributed by atoms with Crippen LogP contribution in [-0.2, 0) is 0 Å². The summed E-state index contributed by atoms with van der Waals surface area (Å²) in [4.78, 5) is 13.1. The Morgan fingerprint density at radius 2 is 1.84 bits per heavy atom. The van der Waals surface area contributed by atoms with Crippen molar-refractivity contribution in [3.8, 4) is 5.75 Å². The number of rotatable bonds is 4. The highest BCUT2D eigenvalue weighted by Gasteiger charge is 2.24. The lowest BCUT2D eigenvalue weighted by atomic mass is 9.98.